The summed E-state index contributed by atoms with van der Waals surface area (Å²) in [4.78, 5) is 10.6. The van der Waals surface area contributed by atoms with Crippen molar-refractivity contribution in [3.05, 3.63) is 34.1 Å². The minimum Gasteiger partial charge on any atom is -0.394 e. The molecule has 104 valence electrons. The topological polar surface area (TPSA) is 102 Å². The Balaban J connectivity index is 3.06. The van der Waals surface area contributed by atoms with Gasteiger partial charge in [-0.25, -0.2) is 9.18 Å². The molecule has 0 spiro atoms. The van der Waals surface area contributed by atoms with E-state index < -0.39 is 29.8 Å². The monoisotopic (exact) mass is 287 g/mol. The fourth-order valence-corrected chi connectivity index (χ4v) is 1.98. The maximum atomic E-state index is 13.9. The van der Waals surface area contributed by atoms with Gasteiger partial charge in [0.15, 0.2) is 0 Å². The van der Waals surface area contributed by atoms with Crippen LogP contribution in [0.25, 0.3) is 0 Å². The highest BCUT2D eigenvalue weighted by Crippen LogP contribution is 2.30. The Labute approximate surface area is 115 Å². The lowest BCUT2D eigenvalue weighted by Crippen LogP contribution is -2.39. The molecule has 0 heterocycles. The van der Waals surface area contributed by atoms with Crippen LogP contribution in [-0.4, -0.2) is 18.0 Å². The van der Waals surface area contributed by atoms with E-state index in [1.54, 1.807) is 13.8 Å². The number of rotatable bonds is 3. The molecule has 0 aromatic heterocycles. The molecular formula is C12H15ClFN3O2. The second-order valence-electron chi connectivity index (χ2n) is 4.17. The van der Waals surface area contributed by atoms with E-state index in [0.717, 1.165) is 0 Å². The van der Waals surface area contributed by atoms with Crippen molar-refractivity contribution in [2.45, 2.75) is 25.8 Å². The number of primary amides is 1. The molecule has 0 aliphatic carbocycles. The van der Waals surface area contributed by atoms with E-state index in [0.29, 0.717) is 10.6 Å². The molecule has 0 aliphatic heterocycles. The molecule has 2 unspecified atom stereocenters. The molecule has 19 heavy (non-hydrogen) atoms. The molecule has 1 rings (SSSR count). The van der Waals surface area contributed by atoms with Gasteiger partial charge in [0.25, 0.3) is 0 Å². The van der Waals surface area contributed by atoms with Crippen molar-refractivity contribution < 1.29 is 13.9 Å². The lowest BCUT2D eigenvalue weighted by atomic mass is 9.90. The quantitative estimate of drug-likeness (QED) is 0.587. The molecule has 2 atom stereocenters. The van der Waals surface area contributed by atoms with Gasteiger partial charge in [-0.2, -0.15) is 0 Å². The lowest BCUT2D eigenvalue weighted by molar-refractivity contribution is 0.204. The van der Waals surface area contributed by atoms with E-state index in [1.807, 2.05) is 0 Å². The van der Waals surface area contributed by atoms with Crippen LogP contribution in [0.4, 0.5) is 9.18 Å². The number of halogens is 2. The summed E-state index contributed by atoms with van der Waals surface area (Å²) in [5.41, 5.74) is 11.4. The van der Waals surface area contributed by atoms with Gasteiger partial charge in [0.2, 0.25) is 5.90 Å². The summed E-state index contributed by atoms with van der Waals surface area (Å²) in [6.45, 7) is 3.27. The van der Waals surface area contributed by atoms with Crippen molar-refractivity contribution in [3.8, 4) is 0 Å². The van der Waals surface area contributed by atoms with E-state index in [-0.39, 0.29) is 5.56 Å². The lowest BCUT2D eigenvalue weighted by Gasteiger charge is -2.22. The first-order chi connectivity index (χ1) is 8.75. The average molecular weight is 288 g/mol. The van der Waals surface area contributed by atoms with Crippen LogP contribution in [-0.2, 0) is 4.74 Å². The Morgan fingerprint density at radius 3 is 2.63 bits per heavy atom. The molecule has 0 aliphatic rings. The molecule has 1 aromatic carbocycles. The van der Waals surface area contributed by atoms with Crippen LogP contribution in [0.2, 0.25) is 5.02 Å². The van der Waals surface area contributed by atoms with Crippen molar-refractivity contribution in [1.82, 2.24) is 0 Å². The first kappa shape index (κ1) is 15.4. The number of carbonyl (C=O) groups is 1. The third-order valence-corrected chi connectivity index (χ3v) is 3.31. The molecule has 1 aromatic rings. The highest BCUT2D eigenvalue weighted by molar-refractivity contribution is 6.31. The summed E-state index contributed by atoms with van der Waals surface area (Å²) < 4.78 is 18.3. The summed E-state index contributed by atoms with van der Waals surface area (Å²) >= 11 is 5.93. The standard InChI is InChI=1S/C12H15ClFN3O2/c1-5-7(13)3-4-8(14)9(5)6(2)10(15)11(16)19-12(17)18/h3-4,6,10,16H,15H2,1-2H3,(H2,17,18). The van der Waals surface area contributed by atoms with E-state index >= 15 is 0 Å². The Bertz CT molecular complexity index is 522. The summed E-state index contributed by atoms with van der Waals surface area (Å²) in [6, 6.07) is 1.67. The zero-order chi connectivity index (χ0) is 14.7. The van der Waals surface area contributed by atoms with Crippen LogP contribution in [0.1, 0.15) is 24.0 Å². The number of benzene rings is 1. The van der Waals surface area contributed by atoms with Crippen LogP contribution in [0.5, 0.6) is 0 Å². The highest BCUT2D eigenvalue weighted by Gasteiger charge is 2.26. The summed E-state index contributed by atoms with van der Waals surface area (Å²) in [7, 11) is 0. The van der Waals surface area contributed by atoms with Gasteiger partial charge in [-0.05, 0) is 30.2 Å². The number of nitrogens with two attached hydrogens (primary N) is 2. The van der Waals surface area contributed by atoms with Crippen molar-refractivity contribution in [2.24, 2.45) is 11.5 Å². The van der Waals surface area contributed by atoms with Crippen LogP contribution in [0.15, 0.2) is 12.1 Å². The number of hydrogen-bond acceptors (Lipinski definition) is 4. The Morgan fingerprint density at radius 2 is 2.11 bits per heavy atom. The van der Waals surface area contributed by atoms with Gasteiger partial charge < -0.3 is 16.2 Å². The Morgan fingerprint density at radius 1 is 1.53 bits per heavy atom. The smallest absolute Gasteiger partial charge is 0.394 e. The van der Waals surface area contributed by atoms with Crippen molar-refractivity contribution in [1.29, 1.82) is 5.41 Å². The van der Waals surface area contributed by atoms with Gasteiger partial charge in [-0.3, -0.25) is 5.41 Å². The Kier molecular flexibility index (Phi) is 4.85. The van der Waals surface area contributed by atoms with Gasteiger partial charge >= 0.3 is 6.09 Å². The van der Waals surface area contributed by atoms with Gasteiger partial charge in [0.1, 0.15) is 5.82 Å². The summed E-state index contributed by atoms with van der Waals surface area (Å²) in [5, 5.41) is 7.90. The fraction of sp³-hybridized carbons (Fsp3) is 0.333. The molecule has 5 N–H and O–H groups in total. The van der Waals surface area contributed by atoms with E-state index in [9.17, 15) is 9.18 Å². The van der Waals surface area contributed by atoms with Crippen LogP contribution in [0.3, 0.4) is 0 Å². The molecule has 0 saturated carbocycles. The minimum atomic E-state index is -1.13. The van der Waals surface area contributed by atoms with E-state index in [4.69, 9.17) is 28.5 Å². The van der Waals surface area contributed by atoms with Crippen LogP contribution < -0.4 is 11.5 Å². The van der Waals surface area contributed by atoms with Crippen LogP contribution in [0, 0.1) is 18.2 Å². The van der Waals surface area contributed by atoms with Crippen molar-refractivity contribution >= 4 is 23.6 Å². The van der Waals surface area contributed by atoms with E-state index in [1.165, 1.54) is 12.1 Å². The Hall–Kier alpha value is -1.66. The SMILES string of the molecule is Cc1c(Cl)ccc(F)c1C(C)C(N)C(=N)OC(N)=O. The molecule has 1 amide bonds. The maximum absolute atomic E-state index is 13.9. The molecule has 5 nitrogen and oxygen atoms in total. The van der Waals surface area contributed by atoms with Gasteiger partial charge in [0.05, 0.1) is 6.04 Å². The van der Waals surface area contributed by atoms with Gasteiger partial charge in [-0.1, -0.05) is 18.5 Å². The largest absolute Gasteiger partial charge is 0.411 e. The molecule has 0 radical (unpaired) electrons. The maximum Gasteiger partial charge on any atom is 0.411 e. The molecule has 0 fully saturated rings. The average Bonchev–Trinajstić information content (AvgIpc) is 2.32. The number of carbonyl (C=O) groups excluding carboxylic acids is 1. The fourth-order valence-electron chi connectivity index (χ4n) is 1.81. The second-order valence-corrected chi connectivity index (χ2v) is 4.57. The summed E-state index contributed by atoms with van der Waals surface area (Å²) in [6.07, 6.45) is -1.13. The number of hydrogen-bond donors (Lipinski definition) is 3. The van der Waals surface area contributed by atoms with Crippen molar-refractivity contribution in [3.63, 3.8) is 0 Å². The predicted octanol–water partition coefficient (Wildman–Crippen LogP) is 2.29. The van der Waals surface area contributed by atoms with E-state index in [2.05, 4.69) is 4.74 Å². The first-order valence-corrected chi connectivity index (χ1v) is 5.89. The second kappa shape index (κ2) is 5.99. The molecule has 7 heteroatoms. The predicted molar refractivity (Wildman–Crippen MR) is 70.9 cm³/mol. The molecule has 0 bridgehead atoms. The summed E-state index contributed by atoms with van der Waals surface area (Å²) in [5.74, 6) is -1.58. The molecule has 0 saturated heterocycles. The first-order valence-electron chi connectivity index (χ1n) is 5.51. The van der Waals surface area contributed by atoms with Gasteiger partial charge in [-0.15, -0.1) is 0 Å². The zero-order valence-corrected chi connectivity index (χ0v) is 11.3. The normalized spacial score (nSPS) is 13.7. The zero-order valence-electron chi connectivity index (χ0n) is 10.5. The number of amides is 1. The van der Waals surface area contributed by atoms with Crippen molar-refractivity contribution in [2.75, 3.05) is 0 Å². The molecular weight excluding hydrogens is 273 g/mol. The highest BCUT2D eigenvalue weighted by atomic mass is 35.5. The number of nitrogens with one attached hydrogen (secondary N) is 1. The van der Waals surface area contributed by atoms with Gasteiger partial charge in [0, 0.05) is 10.9 Å². The third kappa shape index (κ3) is 3.42. The number of ether oxygens (including phenoxy) is 1. The third-order valence-electron chi connectivity index (χ3n) is 2.90. The van der Waals surface area contributed by atoms with Crippen LogP contribution >= 0.6 is 11.6 Å². The minimum absolute atomic E-state index is 0.290.